The summed E-state index contributed by atoms with van der Waals surface area (Å²) < 4.78 is 61.0. The number of nitrogens with zero attached hydrogens (tertiary/aromatic N) is 2. The quantitative estimate of drug-likeness (QED) is 0.674. The third kappa shape index (κ3) is 6.95. The molecule has 0 amide bonds. The Kier molecular flexibility index (Phi) is 7.69. The van der Waals surface area contributed by atoms with Crippen LogP contribution in [0.2, 0.25) is 0 Å². The third-order valence-electron chi connectivity index (χ3n) is 6.14. The number of alkyl halides is 3. The normalized spacial score (nSPS) is 23.0. The highest BCUT2D eigenvalue weighted by Crippen LogP contribution is 2.29. The maximum atomic E-state index is 12.0. The standard InChI is InChI=1S/C18H29N3O2S.C2HF3O2/c22-24(23,18-7-8-18)19-10-9-15-12-20-11-3-6-17(20)14-21(13-15)16-4-1-2-5-16;3-2(4,5)1(6)7/h3,6,11,15-16,18-19H,1-2,4-5,7-10,12-14H2;(H,6,7). The largest absolute Gasteiger partial charge is 0.490 e. The van der Waals surface area contributed by atoms with Gasteiger partial charge in [-0.05, 0) is 50.2 Å². The van der Waals surface area contributed by atoms with E-state index in [0.717, 1.165) is 44.9 Å². The minimum Gasteiger partial charge on any atom is -0.475 e. The number of fused-ring (bicyclic) bond motifs is 1. The second-order valence-electron chi connectivity index (χ2n) is 8.62. The van der Waals surface area contributed by atoms with Gasteiger partial charge in [-0.2, -0.15) is 13.2 Å². The van der Waals surface area contributed by atoms with Gasteiger partial charge in [-0.15, -0.1) is 0 Å². The highest BCUT2D eigenvalue weighted by Gasteiger charge is 2.38. The lowest BCUT2D eigenvalue weighted by molar-refractivity contribution is -0.192. The Bertz CT molecular complexity index is 846. The maximum Gasteiger partial charge on any atom is 0.490 e. The smallest absolute Gasteiger partial charge is 0.475 e. The molecule has 2 fully saturated rings. The number of rotatable bonds is 6. The van der Waals surface area contributed by atoms with E-state index in [1.165, 1.54) is 31.4 Å². The summed E-state index contributed by atoms with van der Waals surface area (Å²) >= 11 is 0. The van der Waals surface area contributed by atoms with Crippen molar-refractivity contribution in [1.82, 2.24) is 14.2 Å². The number of aliphatic carboxylic acids is 1. The van der Waals surface area contributed by atoms with Crippen molar-refractivity contribution in [3.05, 3.63) is 24.0 Å². The number of carboxylic acid groups (broad SMARTS) is 1. The molecule has 1 aromatic heterocycles. The average molecular weight is 466 g/mol. The monoisotopic (exact) mass is 465 g/mol. The molecule has 3 aliphatic rings. The van der Waals surface area contributed by atoms with Gasteiger partial charge in [0.05, 0.1) is 5.25 Å². The molecule has 2 N–H and O–H groups in total. The lowest BCUT2D eigenvalue weighted by Gasteiger charge is -2.29. The summed E-state index contributed by atoms with van der Waals surface area (Å²) in [4.78, 5) is 11.6. The summed E-state index contributed by atoms with van der Waals surface area (Å²) in [6.07, 6.45) is 5.04. The van der Waals surface area contributed by atoms with Crippen molar-refractivity contribution >= 4 is 16.0 Å². The molecule has 0 spiro atoms. The number of carbonyl (C=O) groups is 1. The fourth-order valence-electron chi connectivity index (χ4n) is 4.34. The van der Waals surface area contributed by atoms with E-state index in [4.69, 9.17) is 9.90 Å². The first-order valence-corrected chi connectivity index (χ1v) is 12.3. The maximum absolute atomic E-state index is 12.0. The predicted molar refractivity (Wildman–Crippen MR) is 109 cm³/mol. The highest BCUT2D eigenvalue weighted by atomic mass is 32.2. The molecule has 2 aliphatic carbocycles. The van der Waals surface area contributed by atoms with E-state index in [0.29, 0.717) is 12.5 Å². The molecule has 0 aromatic carbocycles. The molecule has 0 bridgehead atoms. The Labute approximate surface area is 180 Å². The predicted octanol–water partition coefficient (Wildman–Crippen LogP) is 2.97. The van der Waals surface area contributed by atoms with Crippen LogP contribution < -0.4 is 4.72 Å². The van der Waals surface area contributed by atoms with Gasteiger partial charge in [-0.25, -0.2) is 17.9 Å². The number of hydrogen-bond donors (Lipinski definition) is 2. The van der Waals surface area contributed by atoms with Gasteiger partial charge >= 0.3 is 12.1 Å². The minimum atomic E-state index is -5.08. The van der Waals surface area contributed by atoms with Crippen LogP contribution in [0, 0.1) is 5.92 Å². The minimum absolute atomic E-state index is 0.113. The number of sulfonamides is 1. The van der Waals surface area contributed by atoms with Crippen molar-refractivity contribution < 1.29 is 31.5 Å². The Morgan fingerprint density at radius 2 is 1.81 bits per heavy atom. The van der Waals surface area contributed by atoms with E-state index in [-0.39, 0.29) is 5.25 Å². The lowest BCUT2D eigenvalue weighted by atomic mass is 10.0. The summed E-state index contributed by atoms with van der Waals surface area (Å²) in [7, 11) is -3.05. The molecular formula is C20H30F3N3O4S. The zero-order valence-electron chi connectivity index (χ0n) is 17.4. The van der Waals surface area contributed by atoms with Crippen LogP contribution in [0.25, 0.3) is 0 Å². The first-order valence-electron chi connectivity index (χ1n) is 10.7. The molecule has 11 heteroatoms. The van der Waals surface area contributed by atoms with Gasteiger partial charge in [0.15, 0.2) is 0 Å². The van der Waals surface area contributed by atoms with E-state index < -0.39 is 22.2 Å². The molecule has 1 atom stereocenters. The zero-order valence-corrected chi connectivity index (χ0v) is 18.2. The van der Waals surface area contributed by atoms with Gasteiger partial charge in [-0.1, -0.05) is 12.8 Å². The van der Waals surface area contributed by atoms with Crippen LogP contribution in [0.5, 0.6) is 0 Å². The molecule has 2 heterocycles. The number of halogens is 3. The second-order valence-corrected chi connectivity index (χ2v) is 10.7. The van der Waals surface area contributed by atoms with Crippen molar-refractivity contribution in [3.8, 4) is 0 Å². The van der Waals surface area contributed by atoms with E-state index >= 15 is 0 Å². The van der Waals surface area contributed by atoms with Gasteiger partial charge in [0.25, 0.3) is 0 Å². The molecule has 176 valence electrons. The van der Waals surface area contributed by atoms with Crippen molar-refractivity contribution in [1.29, 1.82) is 0 Å². The third-order valence-corrected chi connectivity index (χ3v) is 8.09. The van der Waals surface area contributed by atoms with E-state index in [1.807, 2.05) is 0 Å². The summed E-state index contributed by atoms with van der Waals surface area (Å²) in [5.74, 6) is -2.24. The summed E-state index contributed by atoms with van der Waals surface area (Å²) in [5.41, 5.74) is 1.41. The number of hydrogen-bond acceptors (Lipinski definition) is 4. The molecule has 31 heavy (non-hydrogen) atoms. The Morgan fingerprint density at radius 1 is 1.16 bits per heavy atom. The van der Waals surface area contributed by atoms with Crippen molar-refractivity contribution in [3.63, 3.8) is 0 Å². The van der Waals surface area contributed by atoms with Crippen LogP contribution in [0.3, 0.4) is 0 Å². The van der Waals surface area contributed by atoms with E-state index in [9.17, 15) is 21.6 Å². The molecule has 0 radical (unpaired) electrons. The summed E-state index contributed by atoms with van der Waals surface area (Å²) in [6.45, 7) is 3.73. The SMILES string of the molecule is O=C(O)C(F)(F)F.O=S(=O)(NCCC1CN(C2CCCC2)Cc2cccn2C1)C1CC1. The van der Waals surface area contributed by atoms with Gasteiger partial charge in [0.1, 0.15) is 0 Å². The van der Waals surface area contributed by atoms with Gasteiger partial charge < -0.3 is 9.67 Å². The fourth-order valence-corrected chi connectivity index (χ4v) is 5.74. The molecule has 1 aromatic rings. The van der Waals surface area contributed by atoms with Crippen LogP contribution in [0.15, 0.2) is 18.3 Å². The van der Waals surface area contributed by atoms with E-state index in [1.54, 1.807) is 0 Å². The molecule has 7 nitrogen and oxygen atoms in total. The van der Waals surface area contributed by atoms with Crippen LogP contribution in [-0.4, -0.2) is 59.5 Å². The van der Waals surface area contributed by atoms with Crippen LogP contribution >= 0.6 is 0 Å². The highest BCUT2D eigenvalue weighted by molar-refractivity contribution is 7.90. The van der Waals surface area contributed by atoms with E-state index in [2.05, 4.69) is 32.5 Å². The number of nitrogens with one attached hydrogen (secondary N) is 1. The molecule has 4 rings (SSSR count). The number of aromatic nitrogens is 1. The molecular weight excluding hydrogens is 435 g/mol. The molecule has 1 unspecified atom stereocenters. The molecule has 2 saturated carbocycles. The zero-order chi connectivity index (χ0) is 22.6. The van der Waals surface area contributed by atoms with Crippen LogP contribution in [-0.2, 0) is 27.9 Å². The summed E-state index contributed by atoms with van der Waals surface area (Å²) in [5, 5.41) is 7.01. The molecule has 0 saturated heterocycles. The van der Waals surface area contributed by atoms with Crippen LogP contribution in [0.1, 0.15) is 50.6 Å². The Balaban J connectivity index is 0.000000339. The average Bonchev–Trinajstić information content (AvgIpc) is 3.30. The topological polar surface area (TPSA) is 91.6 Å². The van der Waals surface area contributed by atoms with Gasteiger partial charge in [0, 0.05) is 44.1 Å². The first-order chi connectivity index (χ1) is 14.6. The van der Waals surface area contributed by atoms with Crippen molar-refractivity contribution in [2.24, 2.45) is 5.92 Å². The number of carboxylic acids is 1. The van der Waals surface area contributed by atoms with Gasteiger partial charge in [0.2, 0.25) is 10.0 Å². The Hall–Kier alpha value is -1.59. The van der Waals surface area contributed by atoms with Crippen LogP contribution in [0.4, 0.5) is 13.2 Å². The van der Waals surface area contributed by atoms with Gasteiger partial charge in [-0.3, -0.25) is 4.90 Å². The summed E-state index contributed by atoms with van der Waals surface area (Å²) in [6, 6.07) is 5.10. The first kappa shape index (κ1) is 24.1. The lowest BCUT2D eigenvalue weighted by Crippen LogP contribution is -2.37. The second kappa shape index (κ2) is 9.91. The van der Waals surface area contributed by atoms with Crippen molar-refractivity contribution in [2.75, 3.05) is 13.1 Å². The fraction of sp³-hybridized carbons (Fsp3) is 0.750. The molecule has 1 aliphatic heterocycles. The Morgan fingerprint density at radius 3 is 2.39 bits per heavy atom. The van der Waals surface area contributed by atoms with Crippen molar-refractivity contribution in [2.45, 2.75) is 75.5 Å².